The lowest BCUT2D eigenvalue weighted by Gasteiger charge is -2.12. The topological polar surface area (TPSA) is 53.5 Å². The van der Waals surface area contributed by atoms with E-state index >= 15 is 0 Å². The molecule has 0 heterocycles. The van der Waals surface area contributed by atoms with Gasteiger partial charge in [-0.3, -0.25) is 0 Å². The van der Waals surface area contributed by atoms with Crippen LogP contribution in [0.15, 0.2) is 30.3 Å². The highest BCUT2D eigenvalue weighted by Gasteiger charge is 2.27. The van der Waals surface area contributed by atoms with E-state index in [0.29, 0.717) is 5.71 Å². The first-order valence-electron chi connectivity index (χ1n) is 4.31. The van der Waals surface area contributed by atoms with Crippen LogP contribution in [0.2, 0.25) is 0 Å². The second kappa shape index (κ2) is 3.40. The lowest BCUT2D eigenvalue weighted by atomic mass is 9.87. The molecule has 0 saturated carbocycles. The largest absolute Gasteiger partial charge is 0.361 e. The Labute approximate surface area is 81.3 Å². The molecule has 0 fully saturated rings. The predicted octanol–water partition coefficient (Wildman–Crippen LogP) is 1.67. The van der Waals surface area contributed by atoms with Crippen molar-refractivity contribution in [3.8, 4) is 0 Å². The lowest BCUT2D eigenvalue weighted by molar-refractivity contribution is -0.108. The molecule has 0 bridgehead atoms. The molecule has 1 aromatic rings. The second-order valence-electron chi connectivity index (χ2n) is 3.10. The molecule has 2 rings (SSSR count). The van der Waals surface area contributed by atoms with Crippen LogP contribution < -0.4 is 0 Å². The Morgan fingerprint density at radius 2 is 2.07 bits per heavy atom. The molecule has 0 N–H and O–H groups in total. The minimum Gasteiger partial charge on any atom is -0.361 e. The molecule has 68 valence electrons. The first-order chi connectivity index (χ1) is 6.86. The fraction of sp³-hybridized carbons (Fsp3) is 0.0909. The van der Waals surface area contributed by atoms with Gasteiger partial charge in [-0.25, -0.2) is 0 Å². The van der Waals surface area contributed by atoms with E-state index in [0.717, 1.165) is 17.4 Å². The van der Waals surface area contributed by atoms with E-state index in [1.807, 2.05) is 30.3 Å². The molecule has 0 aliphatic heterocycles. The molecule has 0 saturated heterocycles. The van der Waals surface area contributed by atoms with Crippen molar-refractivity contribution in [2.45, 2.75) is 5.92 Å². The Balaban J connectivity index is 2.63. The number of rotatable bonds is 1. The highest BCUT2D eigenvalue weighted by molar-refractivity contribution is 6.10. The molecule has 0 amide bonds. The maximum Gasteiger partial charge on any atom is 0.306 e. The van der Waals surface area contributed by atoms with Crippen molar-refractivity contribution < 1.29 is 9.58 Å². The SMILES string of the molecule is [N-]=[N+]=C1C=Cc2ccccc2C1C=O. The average Bonchev–Trinajstić information content (AvgIpc) is 2.27. The van der Waals surface area contributed by atoms with E-state index in [9.17, 15) is 4.79 Å². The molecular formula is C11H8N2O. The van der Waals surface area contributed by atoms with Crippen molar-refractivity contribution in [2.24, 2.45) is 0 Å². The summed E-state index contributed by atoms with van der Waals surface area (Å²) in [6.07, 6.45) is 4.28. The molecule has 1 aromatic carbocycles. The van der Waals surface area contributed by atoms with Gasteiger partial charge < -0.3 is 10.3 Å². The number of allylic oxidation sites excluding steroid dienone is 1. The second-order valence-corrected chi connectivity index (χ2v) is 3.10. The normalized spacial score (nSPS) is 18.6. The fourth-order valence-corrected chi connectivity index (χ4v) is 1.62. The Hall–Kier alpha value is -1.99. The minimum absolute atomic E-state index is 0.388. The smallest absolute Gasteiger partial charge is 0.306 e. The monoisotopic (exact) mass is 184 g/mol. The Kier molecular flexibility index (Phi) is 2.09. The van der Waals surface area contributed by atoms with Crippen LogP contribution in [-0.2, 0) is 4.79 Å². The predicted molar refractivity (Wildman–Crippen MR) is 52.9 cm³/mol. The van der Waals surface area contributed by atoms with Gasteiger partial charge in [0.2, 0.25) is 0 Å². The fourth-order valence-electron chi connectivity index (χ4n) is 1.62. The maximum absolute atomic E-state index is 10.9. The molecule has 3 nitrogen and oxygen atoms in total. The van der Waals surface area contributed by atoms with Crippen LogP contribution in [0.25, 0.3) is 11.6 Å². The third-order valence-corrected chi connectivity index (χ3v) is 2.33. The zero-order chi connectivity index (χ0) is 9.97. The molecule has 3 heteroatoms. The van der Waals surface area contributed by atoms with Gasteiger partial charge >= 0.3 is 5.71 Å². The van der Waals surface area contributed by atoms with Crippen LogP contribution in [0.5, 0.6) is 0 Å². The number of carbonyl (C=O) groups is 1. The van der Waals surface area contributed by atoms with Gasteiger partial charge in [0.05, 0.1) is 0 Å². The minimum atomic E-state index is -0.443. The Morgan fingerprint density at radius 3 is 2.79 bits per heavy atom. The van der Waals surface area contributed by atoms with Gasteiger partial charge in [0.15, 0.2) is 0 Å². The average molecular weight is 184 g/mol. The van der Waals surface area contributed by atoms with Crippen LogP contribution in [0, 0.1) is 0 Å². The standard InChI is InChI=1S/C11H8N2O/c12-13-11-6-5-8-3-1-2-4-9(8)10(11)7-14/h1-7,10H. The summed E-state index contributed by atoms with van der Waals surface area (Å²) in [5, 5.41) is 0. The number of hydrogen-bond acceptors (Lipinski definition) is 1. The van der Waals surface area contributed by atoms with E-state index in [1.54, 1.807) is 6.08 Å². The van der Waals surface area contributed by atoms with Crippen molar-refractivity contribution in [3.05, 3.63) is 47.0 Å². The molecular weight excluding hydrogens is 176 g/mol. The van der Waals surface area contributed by atoms with E-state index in [-0.39, 0.29) is 0 Å². The Bertz CT molecular complexity index is 456. The third kappa shape index (κ3) is 1.20. The summed E-state index contributed by atoms with van der Waals surface area (Å²) in [5.41, 5.74) is 11.0. The zero-order valence-corrected chi connectivity index (χ0v) is 7.42. The number of aldehydes is 1. The molecule has 1 aliphatic rings. The summed E-state index contributed by atoms with van der Waals surface area (Å²) in [5.74, 6) is -0.443. The van der Waals surface area contributed by atoms with Gasteiger partial charge in [0.1, 0.15) is 12.2 Å². The van der Waals surface area contributed by atoms with Crippen molar-refractivity contribution in [2.75, 3.05) is 0 Å². The highest BCUT2D eigenvalue weighted by Crippen LogP contribution is 2.25. The third-order valence-electron chi connectivity index (χ3n) is 2.33. The lowest BCUT2D eigenvalue weighted by Crippen LogP contribution is -2.16. The van der Waals surface area contributed by atoms with E-state index in [1.165, 1.54) is 0 Å². The molecule has 1 aliphatic carbocycles. The highest BCUT2D eigenvalue weighted by atomic mass is 16.1. The summed E-state index contributed by atoms with van der Waals surface area (Å²) in [6, 6.07) is 7.56. The first-order valence-corrected chi connectivity index (χ1v) is 4.31. The van der Waals surface area contributed by atoms with Gasteiger partial charge in [0.25, 0.3) is 0 Å². The zero-order valence-electron chi connectivity index (χ0n) is 7.42. The van der Waals surface area contributed by atoms with Gasteiger partial charge in [-0.15, -0.1) is 0 Å². The molecule has 0 spiro atoms. The number of carbonyl (C=O) groups excluding carboxylic acids is 1. The van der Waals surface area contributed by atoms with Crippen LogP contribution >= 0.6 is 0 Å². The first kappa shape index (κ1) is 8.60. The van der Waals surface area contributed by atoms with E-state index < -0.39 is 5.92 Å². The number of fused-ring (bicyclic) bond motifs is 1. The molecule has 0 radical (unpaired) electrons. The molecule has 1 unspecified atom stereocenters. The summed E-state index contributed by atoms with van der Waals surface area (Å²) in [6.45, 7) is 0. The number of hydrogen-bond donors (Lipinski definition) is 0. The maximum atomic E-state index is 10.9. The molecule has 1 atom stereocenters. The van der Waals surface area contributed by atoms with Gasteiger partial charge in [-0.05, 0) is 17.2 Å². The van der Waals surface area contributed by atoms with Crippen molar-refractivity contribution in [1.82, 2.24) is 0 Å². The van der Waals surface area contributed by atoms with Gasteiger partial charge in [0, 0.05) is 6.08 Å². The van der Waals surface area contributed by atoms with Crippen LogP contribution in [0.3, 0.4) is 0 Å². The number of nitrogens with zero attached hydrogens (tertiary/aromatic N) is 2. The molecule has 14 heavy (non-hydrogen) atoms. The van der Waals surface area contributed by atoms with Gasteiger partial charge in [-0.2, -0.15) is 4.79 Å². The summed E-state index contributed by atoms with van der Waals surface area (Å²) in [7, 11) is 0. The van der Waals surface area contributed by atoms with E-state index in [4.69, 9.17) is 5.53 Å². The number of benzene rings is 1. The van der Waals surface area contributed by atoms with Crippen LogP contribution in [0.4, 0.5) is 0 Å². The summed E-state index contributed by atoms with van der Waals surface area (Å²) in [4.78, 5) is 14.0. The molecule has 0 aromatic heterocycles. The van der Waals surface area contributed by atoms with E-state index in [2.05, 4.69) is 4.79 Å². The summed E-state index contributed by atoms with van der Waals surface area (Å²) >= 11 is 0. The van der Waals surface area contributed by atoms with Crippen LogP contribution in [0.1, 0.15) is 17.0 Å². The summed E-state index contributed by atoms with van der Waals surface area (Å²) < 4.78 is 0. The van der Waals surface area contributed by atoms with Crippen molar-refractivity contribution >= 4 is 18.1 Å². The quantitative estimate of drug-likeness (QED) is 0.372. The van der Waals surface area contributed by atoms with Crippen molar-refractivity contribution in [1.29, 1.82) is 0 Å². The van der Waals surface area contributed by atoms with Crippen LogP contribution in [-0.4, -0.2) is 16.8 Å². The van der Waals surface area contributed by atoms with Crippen molar-refractivity contribution in [3.63, 3.8) is 0 Å². The van der Waals surface area contributed by atoms with Gasteiger partial charge in [-0.1, -0.05) is 24.3 Å². The Morgan fingerprint density at radius 1 is 1.29 bits per heavy atom.